The molecular weight excluding hydrogens is 398 g/mol. The van der Waals surface area contributed by atoms with Crippen LogP contribution in [0.4, 0.5) is 5.69 Å². The van der Waals surface area contributed by atoms with Crippen LogP contribution in [0, 0.1) is 0 Å². The summed E-state index contributed by atoms with van der Waals surface area (Å²) < 4.78 is 0. The molecule has 0 saturated carbocycles. The van der Waals surface area contributed by atoms with Gasteiger partial charge in [-0.05, 0) is 22.8 Å². The predicted molar refractivity (Wildman–Crippen MR) is 125 cm³/mol. The minimum Gasteiger partial charge on any atom is -0.340 e. The Labute approximate surface area is 188 Å². The summed E-state index contributed by atoms with van der Waals surface area (Å²) in [6.07, 6.45) is 0.215. The third kappa shape index (κ3) is 4.04. The van der Waals surface area contributed by atoms with Crippen LogP contribution in [0.25, 0.3) is 0 Å². The second kappa shape index (κ2) is 8.97. The zero-order valence-electron chi connectivity index (χ0n) is 18.0. The lowest BCUT2D eigenvalue weighted by Crippen LogP contribution is -2.51. The Morgan fingerprint density at radius 3 is 1.97 bits per heavy atom. The van der Waals surface area contributed by atoms with Gasteiger partial charge in [-0.25, -0.2) is 0 Å². The molecule has 2 aliphatic heterocycles. The second-order valence-electron chi connectivity index (χ2n) is 8.48. The predicted octanol–water partition coefficient (Wildman–Crippen LogP) is 4.05. The van der Waals surface area contributed by atoms with Crippen molar-refractivity contribution >= 4 is 17.5 Å². The Morgan fingerprint density at radius 1 is 0.781 bits per heavy atom. The number of amides is 2. The smallest absolute Gasteiger partial charge is 0.230 e. The van der Waals surface area contributed by atoms with Crippen molar-refractivity contribution in [3.05, 3.63) is 102 Å². The average molecular weight is 426 g/mol. The number of benzene rings is 3. The molecule has 5 rings (SSSR count). The molecule has 2 aliphatic rings. The van der Waals surface area contributed by atoms with Gasteiger partial charge in [-0.15, -0.1) is 0 Å². The molecule has 1 N–H and O–H groups in total. The molecule has 0 bridgehead atoms. The summed E-state index contributed by atoms with van der Waals surface area (Å²) in [6, 6.07) is 28.9. The number of nitrogens with one attached hydrogen (secondary N) is 1. The molecule has 32 heavy (non-hydrogen) atoms. The summed E-state index contributed by atoms with van der Waals surface area (Å²) in [4.78, 5) is 30.0. The highest BCUT2D eigenvalue weighted by Crippen LogP contribution is 2.34. The minimum atomic E-state index is -0.398. The van der Waals surface area contributed by atoms with Crippen LogP contribution in [0.2, 0.25) is 0 Å². The fourth-order valence-electron chi connectivity index (χ4n) is 4.94. The third-order valence-electron chi connectivity index (χ3n) is 6.52. The summed E-state index contributed by atoms with van der Waals surface area (Å²) in [7, 11) is 0. The van der Waals surface area contributed by atoms with Crippen molar-refractivity contribution < 1.29 is 9.59 Å². The molecule has 3 aromatic carbocycles. The Morgan fingerprint density at radius 2 is 1.34 bits per heavy atom. The van der Waals surface area contributed by atoms with Crippen molar-refractivity contribution in [2.24, 2.45) is 0 Å². The molecule has 0 aromatic heterocycles. The molecule has 0 aliphatic carbocycles. The van der Waals surface area contributed by atoms with E-state index in [0.717, 1.165) is 24.3 Å². The van der Waals surface area contributed by atoms with Crippen LogP contribution >= 0.6 is 0 Å². The van der Waals surface area contributed by atoms with Gasteiger partial charge in [0.05, 0.1) is 12.0 Å². The number of nitrogens with zero attached hydrogens (tertiary/aromatic N) is 2. The van der Waals surface area contributed by atoms with Crippen LogP contribution in [-0.2, 0) is 9.59 Å². The van der Waals surface area contributed by atoms with Crippen molar-refractivity contribution in [1.29, 1.82) is 0 Å². The average Bonchev–Trinajstić information content (AvgIpc) is 2.85. The number of carbonyl (C=O) groups excluding carboxylic acids is 2. The lowest BCUT2D eigenvalue weighted by Gasteiger charge is -2.41. The quantitative estimate of drug-likeness (QED) is 0.686. The monoisotopic (exact) mass is 425 g/mol. The molecule has 1 saturated heterocycles. The Hall–Kier alpha value is -3.44. The fourth-order valence-corrected chi connectivity index (χ4v) is 4.94. The summed E-state index contributed by atoms with van der Waals surface area (Å²) in [6.45, 7) is 2.91. The minimum absolute atomic E-state index is 0.0583. The number of hydrogen-bond donors (Lipinski definition) is 1. The van der Waals surface area contributed by atoms with E-state index in [9.17, 15) is 9.59 Å². The van der Waals surface area contributed by atoms with Crippen LogP contribution in [-0.4, -0.2) is 47.8 Å². The third-order valence-corrected chi connectivity index (χ3v) is 6.52. The first kappa shape index (κ1) is 20.5. The Kier molecular flexibility index (Phi) is 5.73. The van der Waals surface area contributed by atoms with Gasteiger partial charge in [0.2, 0.25) is 11.8 Å². The van der Waals surface area contributed by atoms with Gasteiger partial charge in [0.1, 0.15) is 0 Å². The first-order valence-electron chi connectivity index (χ1n) is 11.2. The summed E-state index contributed by atoms with van der Waals surface area (Å²) in [5.41, 5.74) is 4.20. The van der Waals surface area contributed by atoms with Gasteiger partial charge >= 0.3 is 0 Å². The largest absolute Gasteiger partial charge is 0.340 e. The van der Waals surface area contributed by atoms with E-state index in [1.807, 2.05) is 41.3 Å². The van der Waals surface area contributed by atoms with E-state index in [-0.39, 0.29) is 24.3 Å². The number of hydrogen-bond acceptors (Lipinski definition) is 3. The molecule has 1 unspecified atom stereocenters. The van der Waals surface area contributed by atoms with E-state index in [1.54, 1.807) is 0 Å². The molecule has 1 atom stereocenters. The SMILES string of the molecule is O=C1CC(C(=O)N2CCN(C(c3ccccc3)c3ccccc3)CC2)c2ccccc2N1. The molecule has 2 heterocycles. The number of carbonyl (C=O) groups is 2. The fraction of sp³-hybridized carbons (Fsp3) is 0.259. The normalized spacial score (nSPS) is 18.8. The van der Waals surface area contributed by atoms with Crippen LogP contribution in [0.15, 0.2) is 84.9 Å². The highest BCUT2D eigenvalue weighted by Gasteiger charge is 2.35. The zero-order chi connectivity index (χ0) is 21.9. The van der Waals surface area contributed by atoms with Crippen LogP contribution in [0.5, 0.6) is 0 Å². The van der Waals surface area contributed by atoms with E-state index >= 15 is 0 Å². The van der Waals surface area contributed by atoms with Gasteiger partial charge in [0.25, 0.3) is 0 Å². The standard InChI is InChI=1S/C27H27N3O2/c31-25-19-23(22-13-7-8-14-24(22)28-25)27(32)30-17-15-29(16-18-30)26(20-9-3-1-4-10-20)21-11-5-2-6-12-21/h1-14,23,26H,15-19H2,(H,28,31). The van der Waals surface area contributed by atoms with Crippen molar-refractivity contribution in [2.45, 2.75) is 18.4 Å². The first-order chi connectivity index (χ1) is 15.7. The molecule has 0 spiro atoms. The van der Waals surface area contributed by atoms with E-state index in [0.29, 0.717) is 13.1 Å². The maximum Gasteiger partial charge on any atom is 0.230 e. The van der Waals surface area contributed by atoms with Gasteiger partial charge < -0.3 is 10.2 Å². The molecule has 3 aromatic rings. The van der Waals surface area contributed by atoms with Crippen LogP contribution < -0.4 is 5.32 Å². The Balaban J connectivity index is 1.33. The first-order valence-corrected chi connectivity index (χ1v) is 11.2. The van der Waals surface area contributed by atoms with E-state index in [2.05, 4.69) is 58.7 Å². The van der Waals surface area contributed by atoms with Gasteiger partial charge in [-0.2, -0.15) is 0 Å². The summed E-state index contributed by atoms with van der Waals surface area (Å²) in [5, 5.41) is 2.89. The maximum atomic E-state index is 13.4. The number of fused-ring (bicyclic) bond motifs is 1. The van der Waals surface area contributed by atoms with Crippen molar-refractivity contribution in [2.75, 3.05) is 31.5 Å². The lowest BCUT2D eigenvalue weighted by molar-refractivity contribution is -0.136. The Bertz CT molecular complexity index is 1050. The molecular formula is C27H27N3O2. The zero-order valence-corrected chi connectivity index (χ0v) is 18.0. The number of para-hydroxylation sites is 1. The van der Waals surface area contributed by atoms with E-state index in [4.69, 9.17) is 0 Å². The second-order valence-corrected chi connectivity index (χ2v) is 8.48. The number of piperazine rings is 1. The topological polar surface area (TPSA) is 52.7 Å². The van der Waals surface area contributed by atoms with Crippen molar-refractivity contribution in [3.8, 4) is 0 Å². The van der Waals surface area contributed by atoms with Gasteiger partial charge in [0, 0.05) is 38.3 Å². The number of rotatable bonds is 4. The summed E-state index contributed by atoms with van der Waals surface area (Å²) >= 11 is 0. The van der Waals surface area contributed by atoms with E-state index in [1.165, 1.54) is 11.1 Å². The molecule has 0 radical (unpaired) electrons. The molecule has 5 heteroatoms. The van der Waals surface area contributed by atoms with Crippen LogP contribution in [0.1, 0.15) is 35.1 Å². The maximum absolute atomic E-state index is 13.4. The van der Waals surface area contributed by atoms with Crippen LogP contribution in [0.3, 0.4) is 0 Å². The van der Waals surface area contributed by atoms with Gasteiger partial charge in [0.15, 0.2) is 0 Å². The molecule has 1 fully saturated rings. The van der Waals surface area contributed by atoms with E-state index < -0.39 is 5.92 Å². The lowest BCUT2D eigenvalue weighted by atomic mass is 9.89. The molecule has 2 amide bonds. The molecule has 5 nitrogen and oxygen atoms in total. The van der Waals surface area contributed by atoms with Crippen molar-refractivity contribution in [1.82, 2.24) is 9.80 Å². The highest BCUT2D eigenvalue weighted by molar-refractivity contribution is 6.01. The molecule has 162 valence electrons. The summed E-state index contributed by atoms with van der Waals surface area (Å²) in [5.74, 6) is -0.428. The number of anilines is 1. The van der Waals surface area contributed by atoms with Gasteiger partial charge in [-0.1, -0.05) is 78.9 Å². The van der Waals surface area contributed by atoms with Gasteiger partial charge in [-0.3, -0.25) is 14.5 Å². The highest BCUT2D eigenvalue weighted by atomic mass is 16.2. The van der Waals surface area contributed by atoms with Crippen molar-refractivity contribution in [3.63, 3.8) is 0 Å².